The molecule has 6 heteroatoms. The molecule has 1 N–H and O–H groups in total. The molecular weight excluding hydrogens is 269 g/mol. The van der Waals surface area contributed by atoms with Crippen molar-refractivity contribution in [3.8, 4) is 0 Å². The van der Waals surface area contributed by atoms with Crippen molar-refractivity contribution in [1.82, 2.24) is 10.2 Å². The smallest absolute Gasteiger partial charge is 0.342 e. The van der Waals surface area contributed by atoms with Gasteiger partial charge in [0.15, 0.2) is 0 Å². The summed E-state index contributed by atoms with van der Waals surface area (Å²) in [7, 11) is 0. The van der Waals surface area contributed by atoms with Crippen LogP contribution in [0.3, 0.4) is 0 Å². The van der Waals surface area contributed by atoms with Crippen LogP contribution in [-0.4, -0.2) is 43.2 Å². The Morgan fingerprint density at radius 2 is 1.95 bits per heavy atom. The van der Waals surface area contributed by atoms with Crippen LogP contribution in [0.4, 0.5) is 13.2 Å². The molecule has 1 saturated carbocycles. The molecule has 1 unspecified atom stereocenters. The number of amides is 1. The maximum absolute atomic E-state index is 12.3. The normalized spacial score (nSPS) is 23.1. The van der Waals surface area contributed by atoms with Crippen molar-refractivity contribution < 1.29 is 18.0 Å². The summed E-state index contributed by atoms with van der Waals surface area (Å²) in [5.74, 6) is 0.831. The average Bonchev–Trinajstić information content (AvgIpc) is 3.03. The maximum Gasteiger partial charge on any atom is 0.390 e. The molecule has 3 nitrogen and oxygen atoms in total. The Labute approximate surface area is 117 Å². The van der Waals surface area contributed by atoms with Crippen LogP contribution in [0.2, 0.25) is 0 Å². The molecule has 0 radical (unpaired) electrons. The summed E-state index contributed by atoms with van der Waals surface area (Å²) >= 11 is 0. The Morgan fingerprint density at radius 3 is 2.50 bits per heavy atom. The molecule has 2 rings (SSSR count). The molecule has 116 valence electrons. The molecule has 0 aromatic rings. The predicted octanol–water partition coefficient (Wildman–Crippen LogP) is 2.57. The van der Waals surface area contributed by atoms with E-state index in [1.54, 1.807) is 0 Å². The zero-order chi connectivity index (χ0) is 14.6. The molecule has 20 heavy (non-hydrogen) atoms. The zero-order valence-electron chi connectivity index (χ0n) is 11.7. The monoisotopic (exact) mass is 292 g/mol. The van der Waals surface area contributed by atoms with E-state index in [0.29, 0.717) is 24.8 Å². The van der Waals surface area contributed by atoms with Gasteiger partial charge >= 0.3 is 6.18 Å². The number of nitrogens with zero attached hydrogens (tertiary/aromatic N) is 1. The molecule has 0 spiro atoms. The number of rotatable bonds is 7. The number of carbonyl (C=O) groups is 1. The summed E-state index contributed by atoms with van der Waals surface area (Å²) in [6, 6.07) is 0. The van der Waals surface area contributed by atoms with Gasteiger partial charge in [0.2, 0.25) is 5.91 Å². The van der Waals surface area contributed by atoms with Gasteiger partial charge in [0.25, 0.3) is 0 Å². The third-order valence-electron chi connectivity index (χ3n) is 4.12. The minimum Gasteiger partial charge on any atom is -0.342 e. The maximum atomic E-state index is 12.3. The summed E-state index contributed by atoms with van der Waals surface area (Å²) in [6.45, 7) is 2.25. The van der Waals surface area contributed by atoms with Gasteiger partial charge in [0.1, 0.15) is 0 Å². The highest BCUT2D eigenvalue weighted by Gasteiger charge is 2.32. The highest BCUT2D eigenvalue weighted by molar-refractivity contribution is 5.76. The van der Waals surface area contributed by atoms with E-state index < -0.39 is 12.6 Å². The summed E-state index contributed by atoms with van der Waals surface area (Å²) in [5.41, 5.74) is 0. The summed E-state index contributed by atoms with van der Waals surface area (Å²) in [5, 5.41) is 3.24. The molecule has 0 aromatic heterocycles. The van der Waals surface area contributed by atoms with Crippen molar-refractivity contribution >= 4 is 5.91 Å². The Morgan fingerprint density at radius 1 is 1.20 bits per heavy atom. The quantitative estimate of drug-likeness (QED) is 0.782. The van der Waals surface area contributed by atoms with E-state index in [9.17, 15) is 18.0 Å². The van der Waals surface area contributed by atoms with Gasteiger partial charge in [-0.25, -0.2) is 0 Å². The van der Waals surface area contributed by atoms with Crippen molar-refractivity contribution in [3.05, 3.63) is 0 Å². The van der Waals surface area contributed by atoms with Crippen molar-refractivity contribution in [2.45, 2.75) is 44.7 Å². The summed E-state index contributed by atoms with van der Waals surface area (Å²) < 4.78 is 37.0. The molecule has 1 saturated heterocycles. The SMILES string of the molecule is O=C(CCC1CCNC1)N(CCC(F)(F)F)CC1CC1. The second kappa shape index (κ2) is 6.78. The van der Waals surface area contributed by atoms with Crippen molar-refractivity contribution in [1.29, 1.82) is 0 Å². The standard InChI is InChI=1S/C14H23F3N2O/c15-14(16,17)6-8-19(10-12-1-2-12)13(20)4-3-11-5-7-18-9-11/h11-12,18H,1-10H2. The van der Waals surface area contributed by atoms with Crippen LogP contribution >= 0.6 is 0 Å². The molecule has 1 heterocycles. The third kappa shape index (κ3) is 5.69. The molecule has 0 bridgehead atoms. The number of hydrogen-bond acceptors (Lipinski definition) is 2. The lowest BCUT2D eigenvalue weighted by Gasteiger charge is -2.24. The molecule has 0 aromatic carbocycles. The Hall–Kier alpha value is -0.780. The minimum atomic E-state index is -4.18. The Kier molecular flexibility index (Phi) is 5.29. The van der Waals surface area contributed by atoms with Crippen molar-refractivity contribution in [3.63, 3.8) is 0 Å². The van der Waals surface area contributed by atoms with Gasteiger partial charge in [-0.15, -0.1) is 0 Å². The summed E-state index contributed by atoms with van der Waals surface area (Å²) in [4.78, 5) is 13.6. The second-order valence-corrected chi connectivity index (χ2v) is 6.05. The number of hydrogen-bond donors (Lipinski definition) is 1. The van der Waals surface area contributed by atoms with Crippen LogP contribution in [0.25, 0.3) is 0 Å². The minimum absolute atomic E-state index is 0.104. The Bertz CT molecular complexity index is 323. The lowest BCUT2D eigenvalue weighted by atomic mass is 10.0. The number of halogens is 3. The molecule has 1 aliphatic carbocycles. The highest BCUT2D eigenvalue weighted by Crippen LogP contribution is 2.31. The van der Waals surface area contributed by atoms with Gasteiger partial charge in [-0.05, 0) is 50.6 Å². The van der Waals surface area contributed by atoms with Gasteiger partial charge in [0.05, 0.1) is 6.42 Å². The third-order valence-corrected chi connectivity index (χ3v) is 4.12. The predicted molar refractivity (Wildman–Crippen MR) is 70.2 cm³/mol. The fraction of sp³-hybridized carbons (Fsp3) is 0.929. The molecule has 1 amide bonds. The van der Waals surface area contributed by atoms with Crippen LogP contribution in [0.5, 0.6) is 0 Å². The largest absolute Gasteiger partial charge is 0.390 e. The molecule has 2 fully saturated rings. The van der Waals surface area contributed by atoms with E-state index in [0.717, 1.165) is 38.8 Å². The topological polar surface area (TPSA) is 32.3 Å². The molecular formula is C14H23F3N2O. The van der Waals surface area contributed by atoms with Gasteiger partial charge in [0, 0.05) is 19.5 Å². The fourth-order valence-electron chi connectivity index (χ4n) is 2.64. The van der Waals surface area contributed by atoms with Crippen LogP contribution in [0.1, 0.15) is 38.5 Å². The summed E-state index contributed by atoms with van der Waals surface area (Å²) in [6.07, 6.45) is -0.743. The van der Waals surface area contributed by atoms with Crippen molar-refractivity contribution in [2.24, 2.45) is 11.8 Å². The number of alkyl halides is 3. The average molecular weight is 292 g/mol. The molecule has 2 aliphatic rings. The first-order valence-corrected chi connectivity index (χ1v) is 7.49. The van der Waals surface area contributed by atoms with E-state index in [-0.39, 0.29) is 12.5 Å². The first-order chi connectivity index (χ1) is 9.44. The van der Waals surface area contributed by atoms with E-state index in [1.165, 1.54) is 4.90 Å². The van der Waals surface area contributed by atoms with Crippen LogP contribution in [-0.2, 0) is 4.79 Å². The zero-order valence-corrected chi connectivity index (χ0v) is 11.7. The lowest BCUT2D eigenvalue weighted by molar-refractivity contribution is -0.145. The molecule has 1 atom stereocenters. The van der Waals surface area contributed by atoms with Gasteiger partial charge in [-0.3, -0.25) is 4.79 Å². The van der Waals surface area contributed by atoms with Gasteiger partial charge in [-0.2, -0.15) is 13.2 Å². The highest BCUT2D eigenvalue weighted by atomic mass is 19.4. The molecule has 1 aliphatic heterocycles. The van der Waals surface area contributed by atoms with Crippen LogP contribution < -0.4 is 5.32 Å². The second-order valence-electron chi connectivity index (χ2n) is 6.05. The van der Waals surface area contributed by atoms with Gasteiger partial charge in [-0.1, -0.05) is 0 Å². The van der Waals surface area contributed by atoms with E-state index in [2.05, 4.69) is 5.32 Å². The lowest BCUT2D eigenvalue weighted by Crippen LogP contribution is -2.36. The number of carbonyl (C=O) groups excluding carboxylic acids is 1. The first-order valence-electron chi connectivity index (χ1n) is 7.49. The number of nitrogens with one attached hydrogen (secondary N) is 1. The van der Waals surface area contributed by atoms with E-state index >= 15 is 0 Å². The van der Waals surface area contributed by atoms with E-state index in [1.807, 2.05) is 0 Å². The van der Waals surface area contributed by atoms with Crippen molar-refractivity contribution in [2.75, 3.05) is 26.2 Å². The fourth-order valence-corrected chi connectivity index (χ4v) is 2.64. The van der Waals surface area contributed by atoms with E-state index in [4.69, 9.17) is 0 Å². The Balaban J connectivity index is 1.76. The van der Waals surface area contributed by atoms with Crippen LogP contribution in [0, 0.1) is 11.8 Å². The first kappa shape index (κ1) is 15.6. The van der Waals surface area contributed by atoms with Crippen LogP contribution in [0.15, 0.2) is 0 Å². The van der Waals surface area contributed by atoms with Gasteiger partial charge < -0.3 is 10.2 Å².